The topological polar surface area (TPSA) is 61.4 Å². The number of hydrogen-bond donors (Lipinski definition) is 1. The molecule has 0 spiro atoms. The van der Waals surface area contributed by atoms with E-state index in [0.717, 1.165) is 35.7 Å². The van der Waals surface area contributed by atoms with Gasteiger partial charge in [0.05, 0.1) is 11.7 Å². The number of rotatable bonds is 5. The molecule has 2 aliphatic rings. The molecule has 5 rings (SSSR count). The Kier molecular flexibility index (Phi) is 5.52. The minimum atomic E-state index is -0.172. The van der Waals surface area contributed by atoms with Crippen molar-refractivity contribution in [3.05, 3.63) is 89.6 Å². The first-order valence-electron chi connectivity index (χ1n) is 11.0. The van der Waals surface area contributed by atoms with E-state index in [4.69, 9.17) is 0 Å². The minimum Gasteiger partial charge on any atom is -0.352 e. The normalized spacial score (nSPS) is 16.4. The lowest BCUT2D eigenvalue weighted by atomic mass is 9.99. The summed E-state index contributed by atoms with van der Waals surface area (Å²) < 4.78 is 0. The van der Waals surface area contributed by atoms with E-state index in [2.05, 4.69) is 56.8 Å². The molecule has 0 radical (unpaired) electrons. The van der Waals surface area contributed by atoms with Crippen LogP contribution in [0, 0.1) is 0 Å². The predicted molar refractivity (Wildman–Crippen MR) is 121 cm³/mol. The third-order valence-electron chi connectivity index (χ3n) is 6.09. The highest BCUT2D eigenvalue weighted by atomic mass is 16.2. The van der Waals surface area contributed by atoms with Crippen molar-refractivity contribution < 1.29 is 4.79 Å². The van der Waals surface area contributed by atoms with Crippen molar-refractivity contribution in [2.75, 3.05) is 31.1 Å². The molecule has 31 heavy (non-hydrogen) atoms. The minimum absolute atomic E-state index is 0.0347. The number of piperazine rings is 1. The molecule has 0 bridgehead atoms. The maximum absolute atomic E-state index is 13.1. The standard InChI is InChI=1S/C25H27N5O/c31-25(26-24(20-7-3-1-4-8-20)21-9-5-2-6-10-21)30-17-15-29(16-18-30)23-14-13-22(27-28-23)19-11-12-19/h1-10,13-14,19,24H,11-12,15-18H2,(H,26,31). The van der Waals surface area contributed by atoms with Crippen molar-refractivity contribution in [3.8, 4) is 0 Å². The molecule has 1 aliphatic heterocycles. The van der Waals surface area contributed by atoms with Gasteiger partial charge in [-0.25, -0.2) is 4.79 Å². The summed E-state index contributed by atoms with van der Waals surface area (Å²) in [5, 5.41) is 12.1. The lowest BCUT2D eigenvalue weighted by Crippen LogP contribution is -2.52. The largest absolute Gasteiger partial charge is 0.352 e. The Balaban J connectivity index is 1.23. The Bertz CT molecular complexity index is 958. The lowest BCUT2D eigenvalue weighted by Gasteiger charge is -2.36. The fraction of sp³-hybridized carbons (Fsp3) is 0.320. The summed E-state index contributed by atoms with van der Waals surface area (Å²) in [7, 11) is 0. The second kappa shape index (κ2) is 8.76. The van der Waals surface area contributed by atoms with E-state index in [-0.39, 0.29) is 12.1 Å². The molecule has 2 fully saturated rings. The zero-order chi connectivity index (χ0) is 21.0. The van der Waals surface area contributed by atoms with E-state index in [1.54, 1.807) is 0 Å². The molecule has 6 nitrogen and oxygen atoms in total. The SMILES string of the molecule is O=C(NC(c1ccccc1)c1ccccc1)N1CCN(c2ccc(C3CC3)nn2)CC1. The Hall–Kier alpha value is -3.41. The van der Waals surface area contributed by atoms with E-state index in [1.807, 2.05) is 41.3 Å². The van der Waals surface area contributed by atoms with Gasteiger partial charge in [-0.2, -0.15) is 5.10 Å². The van der Waals surface area contributed by atoms with Crippen LogP contribution in [0.4, 0.5) is 10.6 Å². The molecule has 0 unspecified atom stereocenters. The van der Waals surface area contributed by atoms with Gasteiger partial charge in [0, 0.05) is 32.1 Å². The average molecular weight is 414 g/mol. The summed E-state index contributed by atoms with van der Waals surface area (Å²) in [6, 6.07) is 24.2. The van der Waals surface area contributed by atoms with E-state index in [0.29, 0.717) is 19.0 Å². The number of nitrogens with one attached hydrogen (secondary N) is 1. The van der Waals surface area contributed by atoms with Gasteiger partial charge in [-0.3, -0.25) is 0 Å². The first-order valence-corrected chi connectivity index (χ1v) is 11.0. The monoisotopic (exact) mass is 413 g/mol. The van der Waals surface area contributed by atoms with Crippen LogP contribution in [0.5, 0.6) is 0 Å². The van der Waals surface area contributed by atoms with Crippen LogP contribution in [0.1, 0.15) is 41.6 Å². The highest BCUT2D eigenvalue weighted by Crippen LogP contribution is 2.38. The number of carbonyl (C=O) groups is 1. The molecule has 2 aromatic carbocycles. The van der Waals surface area contributed by atoms with Gasteiger partial charge in [-0.15, -0.1) is 5.10 Å². The Morgan fingerprint density at radius 3 is 1.94 bits per heavy atom. The van der Waals surface area contributed by atoms with Gasteiger partial charge in [0.2, 0.25) is 0 Å². The molecule has 1 saturated carbocycles. The van der Waals surface area contributed by atoms with Gasteiger partial charge in [0.25, 0.3) is 0 Å². The van der Waals surface area contributed by atoms with Crippen LogP contribution in [-0.2, 0) is 0 Å². The number of hydrogen-bond acceptors (Lipinski definition) is 4. The van der Waals surface area contributed by atoms with Crippen molar-refractivity contribution >= 4 is 11.8 Å². The van der Waals surface area contributed by atoms with Crippen LogP contribution in [0.15, 0.2) is 72.8 Å². The van der Waals surface area contributed by atoms with Crippen molar-refractivity contribution in [2.24, 2.45) is 0 Å². The van der Waals surface area contributed by atoms with Crippen molar-refractivity contribution in [1.29, 1.82) is 0 Å². The molecule has 2 amide bonds. The number of urea groups is 1. The second-order valence-electron chi connectivity index (χ2n) is 8.27. The highest BCUT2D eigenvalue weighted by Gasteiger charge is 2.27. The van der Waals surface area contributed by atoms with Crippen LogP contribution in [-0.4, -0.2) is 47.3 Å². The maximum atomic E-state index is 13.1. The van der Waals surface area contributed by atoms with Crippen molar-refractivity contribution in [3.63, 3.8) is 0 Å². The number of amides is 2. The van der Waals surface area contributed by atoms with Gasteiger partial charge in [0.1, 0.15) is 0 Å². The Morgan fingerprint density at radius 2 is 1.42 bits per heavy atom. The van der Waals surface area contributed by atoms with E-state index in [9.17, 15) is 4.79 Å². The summed E-state index contributed by atoms with van der Waals surface area (Å²) in [5.41, 5.74) is 3.26. The molecular weight excluding hydrogens is 386 g/mol. The quantitative estimate of drug-likeness (QED) is 0.687. The summed E-state index contributed by atoms with van der Waals surface area (Å²) in [6.07, 6.45) is 2.46. The number of nitrogens with zero attached hydrogens (tertiary/aromatic N) is 4. The third-order valence-corrected chi connectivity index (χ3v) is 6.09. The van der Waals surface area contributed by atoms with Crippen LogP contribution in [0.3, 0.4) is 0 Å². The molecule has 3 aromatic rings. The maximum Gasteiger partial charge on any atom is 0.318 e. The Morgan fingerprint density at radius 1 is 0.806 bits per heavy atom. The molecule has 1 N–H and O–H groups in total. The number of benzene rings is 2. The first-order chi connectivity index (χ1) is 15.3. The molecule has 158 valence electrons. The van der Waals surface area contributed by atoms with Crippen LogP contribution < -0.4 is 10.2 Å². The van der Waals surface area contributed by atoms with Crippen LogP contribution >= 0.6 is 0 Å². The zero-order valence-corrected chi connectivity index (χ0v) is 17.5. The van der Waals surface area contributed by atoms with E-state index >= 15 is 0 Å². The first kappa shape index (κ1) is 19.5. The fourth-order valence-electron chi connectivity index (χ4n) is 4.10. The smallest absolute Gasteiger partial charge is 0.318 e. The molecule has 1 aromatic heterocycles. The molecule has 6 heteroatoms. The van der Waals surface area contributed by atoms with Gasteiger partial charge in [-0.1, -0.05) is 60.7 Å². The van der Waals surface area contributed by atoms with E-state index in [1.165, 1.54) is 12.8 Å². The van der Waals surface area contributed by atoms with Gasteiger partial charge in [0.15, 0.2) is 5.82 Å². The zero-order valence-electron chi connectivity index (χ0n) is 17.5. The molecule has 0 atom stereocenters. The summed E-state index contributed by atoms with van der Waals surface area (Å²) >= 11 is 0. The predicted octanol–water partition coefficient (Wildman–Crippen LogP) is 3.98. The fourth-order valence-corrected chi connectivity index (χ4v) is 4.10. The van der Waals surface area contributed by atoms with E-state index < -0.39 is 0 Å². The lowest BCUT2D eigenvalue weighted by molar-refractivity contribution is 0.192. The number of carbonyl (C=O) groups excluding carboxylic acids is 1. The summed E-state index contributed by atoms with van der Waals surface area (Å²) in [5.74, 6) is 1.51. The number of anilines is 1. The number of aromatic nitrogens is 2. The summed E-state index contributed by atoms with van der Waals surface area (Å²) in [6.45, 7) is 2.83. The van der Waals surface area contributed by atoms with Crippen LogP contribution in [0.2, 0.25) is 0 Å². The van der Waals surface area contributed by atoms with Gasteiger partial charge in [-0.05, 0) is 36.1 Å². The third kappa shape index (κ3) is 4.53. The molecule has 1 saturated heterocycles. The van der Waals surface area contributed by atoms with Gasteiger partial charge >= 0.3 is 6.03 Å². The van der Waals surface area contributed by atoms with Crippen molar-refractivity contribution in [2.45, 2.75) is 24.8 Å². The van der Waals surface area contributed by atoms with Crippen LogP contribution in [0.25, 0.3) is 0 Å². The van der Waals surface area contributed by atoms with Crippen molar-refractivity contribution in [1.82, 2.24) is 20.4 Å². The summed E-state index contributed by atoms with van der Waals surface area (Å²) in [4.78, 5) is 17.2. The average Bonchev–Trinajstić information content (AvgIpc) is 3.69. The molecule has 2 heterocycles. The molecule has 1 aliphatic carbocycles. The highest BCUT2D eigenvalue weighted by molar-refractivity contribution is 5.75. The Labute approximate surface area is 182 Å². The molecular formula is C25H27N5O. The van der Waals surface area contributed by atoms with Gasteiger partial charge < -0.3 is 15.1 Å². The second-order valence-corrected chi connectivity index (χ2v) is 8.27.